The SMILES string of the molecule is Cl.O=C(NC1CCNC1)C1CCCCN1C(=O)c1cccs1. The number of halogens is 1. The summed E-state index contributed by atoms with van der Waals surface area (Å²) >= 11 is 1.44. The van der Waals surface area contributed by atoms with Crippen molar-refractivity contribution >= 4 is 35.6 Å². The fraction of sp³-hybridized carbons (Fsp3) is 0.600. The molecule has 5 nitrogen and oxygen atoms in total. The maximum Gasteiger partial charge on any atom is 0.264 e. The Morgan fingerprint density at radius 3 is 2.86 bits per heavy atom. The molecule has 0 spiro atoms. The van der Waals surface area contributed by atoms with Crippen LogP contribution in [0.4, 0.5) is 0 Å². The van der Waals surface area contributed by atoms with E-state index in [2.05, 4.69) is 10.6 Å². The zero-order valence-corrected chi connectivity index (χ0v) is 14.0. The molecule has 3 rings (SSSR count). The van der Waals surface area contributed by atoms with Crippen LogP contribution < -0.4 is 10.6 Å². The van der Waals surface area contributed by atoms with Gasteiger partial charge in [0, 0.05) is 19.1 Å². The molecule has 0 radical (unpaired) electrons. The van der Waals surface area contributed by atoms with E-state index in [-0.39, 0.29) is 36.3 Å². The summed E-state index contributed by atoms with van der Waals surface area (Å²) in [6.07, 6.45) is 3.72. The highest BCUT2D eigenvalue weighted by atomic mass is 35.5. The summed E-state index contributed by atoms with van der Waals surface area (Å²) in [6.45, 7) is 2.46. The van der Waals surface area contributed by atoms with Gasteiger partial charge in [-0.1, -0.05) is 6.07 Å². The first kappa shape index (κ1) is 17.2. The Bertz CT molecular complexity index is 503. The maximum atomic E-state index is 12.6. The molecule has 0 bridgehead atoms. The van der Waals surface area contributed by atoms with E-state index in [9.17, 15) is 9.59 Å². The Morgan fingerprint density at radius 1 is 1.32 bits per heavy atom. The predicted molar refractivity (Wildman–Crippen MR) is 89.7 cm³/mol. The molecule has 1 aromatic rings. The van der Waals surface area contributed by atoms with Crippen molar-refractivity contribution in [2.24, 2.45) is 0 Å². The van der Waals surface area contributed by atoms with E-state index in [1.807, 2.05) is 17.5 Å². The average Bonchev–Trinajstić information content (AvgIpc) is 3.19. The van der Waals surface area contributed by atoms with Crippen molar-refractivity contribution in [3.63, 3.8) is 0 Å². The van der Waals surface area contributed by atoms with Crippen LogP contribution in [0.2, 0.25) is 0 Å². The first-order valence-electron chi connectivity index (χ1n) is 7.61. The molecule has 0 aliphatic carbocycles. The van der Waals surface area contributed by atoms with Crippen LogP contribution in [0.1, 0.15) is 35.4 Å². The fourth-order valence-corrected chi connectivity index (χ4v) is 3.74. The molecule has 1 aromatic heterocycles. The zero-order valence-electron chi connectivity index (χ0n) is 12.4. The van der Waals surface area contributed by atoms with Crippen LogP contribution in [0.25, 0.3) is 0 Å². The number of likely N-dealkylation sites (tertiary alicyclic amines) is 1. The molecule has 2 aliphatic heterocycles. The Labute approximate surface area is 140 Å². The van der Waals surface area contributed by atoms with Gasteiger partial charge in [0.05, 0.1) is 4.88 Å². The highest BCUT2D eigenvalue weighted by Crippen LogP contribution is 2.22. The summed E-state index contributed by atoms with van der Waals surface area (Å²) in [7, 11) is 0. The van der Waals surface area contributed by atoms with Gasteiger partial charge >= 0.3 is 0 Å². The zero-order chi connectivity index (χ0) is 14.7. The first-order chi connectivity index (χ1) is 10.3. The predicted octanol–water partition coefficient (Wildman–Crippen LogP) is 1.64. The van der Waals surface area contributed by atoms with Crippen LogP contribution in [0.15, 0.2) is 17.5 Å². The van der Waals surface area contributed by atoms with Crippen LogP contribution in [0.5, 0.6) is 0 Å². The number of hydrogen-bond donors (Lipinski definition) is 2. The third-order valence-electron chi connectivity index (χ3n) is 4.20. The quantitative estimate of drug-likeness (QED) is 0.877. The van der Waals surface area contributed by atoms with Gasteiger partial charge in [0.2, 0.25) is 5.91 Å². The third kappa shape index (κ3) is 3.80. The first-order valence-corrected chi connectivity index (χ1v) is 8.49. The number of piperidine rings is 1. The summed E-state index contributed by atoms with van der Waals surface area (Å²) in [5.41, 5.74) is 0. The Kier molecular flexibility index (Phi) is 6.23. The number of nitrogens with one attached hydrogen (secondary N) is 2. The molecule has 2 amide bonds. The van der Waals surface area contributed by atoms with Crippen LogP contribution in [0.3, 0.4) is 0 Å². The highest BCUT2D eigenvalue weighted by Gasteiger charge is 2.34. The molecule has 2 aliphatic rings. The van der Waals surface area contributed by atoms with E-state index in [0.29, 0.717) is 6.54 Å². The highest BCUT2D eigenvalue weighted by molar-refractivity contribution is 7.12. The fourth-order valence-electron chi connectivity index (χ4n) is 3.06. The van der Waals surface area contributed by atoms with E-state index in [1.54, 1.807) is 4.90 Å². The van der Waals surface area contributed by atoms with E-state index in [1.165, 1.54) is 11.3 Å². The Hall–Kier alpha value is -1.11. The summed E-state index contributed by atoms with van der Waals surface area (Å²) in [5, 5.41) is 8.23. The van der Waals surface area contributed by atoms with Gasteiger partial charge in [0.1, 0.15) is 6.04 Å². The summed E-state index contributed by atoms with van der Waals surface area (Å²) < 4.78 is 0. The van der Waals surface area contributed by atoms with Gasteiger partial charge in [-0.2, -0.15) is 0 Å². The second-order valence-electron chi connectivity index (χ2n) is 5.69. The lowest BCUT2D eigenvalue weighted by molar-refractivity contribution is -0.127. The second kappa shape index (κ2) is 7.94. The van der Waals surface area contributed by atoms with Gasteiger partial charge in [-0.15, -0.1) is 23.7 Å². The number of carbonyl (C=O) groups is 2. The maximum absolute atomic E-state index is 12.6. The minimum Gasteiger partial charge on any atom is -0.350 e. The number of carbonyl (C=O) groups excluding carboxylic acids is 2. The molecule has 122 valence electrons. The van der Waals surface area contributed by atoms with Crippen molar-refractivity contribution in [3.8, 4) is 0 Å². The lowest BCUT2D eigenvalue weighted by Gasteiger charge is -2.35. The number of rotatable bonds is 3. The molecule has 2 saturated heterocycles. The van der Waals surface area contributed by atoms with Gasteiger partial charge in [-0.05, 0) is 43.7 Å². The molecule has 0 aromatic carbocycles. The largest absolute Gasteiger partial charge is 0.350 e. The van der Waals surface area contributed by atoms with Crippen molar-refractivity contribution in [2.45, 2.75) is 37.8 Å². The molecular weight excluding hydrogens is 322 g/mol. The van der Waals surface area contributed by atoms with Gasteiger partial charge in [0.25, 0.3) is 5.91 Å². The molecule has 3 heterocycles. The third-order valence-corrected chi connectivity index (χ3v) is 5.06. The van der Waals surface area contributed by atoms with Crippen LogP contribution in [-0.4, -0.2) is 48.4 Å². The summed E-state index contributed by atoms with van der Waals surface area (Å²) in [4.78, 5) is 27.5. The lowest BCUT2D eigenvalue weighted by atomic mass is 10.0. The minimum atomic E-state index is -0.311. The van der Waals surface area contributed by atoms with Gasteiger partial charge < -0.3 is 15.5 Å². The molecule has 2 N–H and O–H groups in total. The average molecular weight is 344 g/mol. The molecule has 22 heavy (non-hydrogen) atoms. The second-order valence-corrected chi connectivity index (χ2v) is 6.63. The van der Waals surface area contributed by atoms with Crippen LogP contribution in [-0.2, 0) is 4.79 Å². The number of hydrogen-bond acceptors (Lipinski definition) is 4. The molecule has 2 unspecified atom stereocenters. The van der Waals surface area contributed by atoms with Crippen LogP contribution >= 0.6 is 23.7 Å². The Morgan fingerprint density at radius 2 is 2.18 bits per heavy atom. The van der Waals surface area contributed by atoms with Crippen LogP contribution in [0, 0.1) is 0 Å². The van der Waals surface area contributed by atoms with Crippen molar-refractivity contribution in [1.82, 2.24) is 15.5 Å². The minimum absolute atomic E-state index is 0. The van der Waals surface area contributed by atoms with Gasteiger partial charge in [0.15, 0.2) is 0 Å². The van der Waals surface area contributed by atoms with E-state index >= 15 is 0 Å². The molecule has 0 saturated carbocycles. The summed E-state index contributed by atoms with van der Waals surface area (Å²) in [6, 6.07) is 3.60. The normalized spacial score (nSPS) is 24.6. The van der Waals surface area contributed by atoms with Gasteiger partial charge in [-0.25, -0.2) is 0 Å². The van der Waals surface area contributed by atoms with Crippen molar-refractivity contribution < 1.29 is 9.59 Å². The molecule has 2 fully saturated rings. The Balaban J connectivity index is 0.00000176. The van der Waals surface area contributed by atoms with Crippen molar-refractivity contribution in [2.75, 3.05) is 19.6 Å². The van der Waals surface area contributed by atoms with E-state index in [0.717, 1.165) is 43.6 Å². The number of amides is 2. The number of thiophene rings is 1. The summed E-state index contributed by atoms with van der Waals surface area (Å²) in [5.74, 6) is 0.00250. The smallest absolute Gasteiger partial charge is 0.264 e. The standard InChI is InChI=1S/C15H21N3O2S.ClH/c19-14(17-11-6-7-16-10-11)12-4-1-2-8-18(12)15(20)13-5-3-9-21-13;/h3,5,9,11-12,16H,1-2,4,6-8,10H2,(H,17,19);1H. The van der Waals surface area contributed by atoms with E-state index < -0.39 is 0 Å². The van der Waals surface area contributed by atoms with Gasteiger partial charge in [-0.3, -0.25) is 9.59 Å². The monoisotopic (exact) mass is 343 g/mol. The number of nitrogens with zero attached hydrogens (tertiary/aromatic N) is 1. The molecule has 7 heteroatoms. The van der Waals surface area contributed by atoms with E-state index in [4.69, 9.17) is 0 Å². The lowest BCUT2D eigenvalue weighted by Crippen LogP contribution is -2.53. The van der Waals surface area contributed by atoms with Crippen molar-refractivity contribution in [1.29, 1.82) is 0 Å². The molecule has 2 atom stereocenters. The topological polar surface area (TPSA) is 61.4 Å². The molecular formula is C15H22ClN3O2S. The van der Waals surface area contributed by atoms with Crippen molar-refractivity contribution in [3.05, 3.63) is 22.4 Å².